The molecule has 7 nitrogen and oxygen atoms in total. The number of benzene rings is 3. The Morgan fingerprint density at radius 1 is 0.941 bits per heavy atom. The van der Waals surface area contributed by atoms with Crippen molar-refractivity contribution in [2.24, 2.45) is 0 Å². The lowest BCUT2D eigenvalue weighted by molar-refractivity contribution is 0.102. The largest absolute Gasteiger partial charge is 0.497 e. The van der Waals surface area contributed by atoms with E-state index in [1.54, 1.807) is 49.6 Å². The normalized spacial score (nSPS) is 12.7. The smallest absolute Gasteiger partial charge is 0.255 e. The lowest BCUT2D eigenvalue weighted by atomic mass is 10.1. The van der Waals surface area contributed by atoms with Crippen LogP contribution in [0.2, 0.25) is 0 Å². The summed E-state index contributed by atoms with van der Waals surface area (Å²) in [6.45, 7) is 0.184. The number of fused-ring (bicyclic) bond motifs is 1. The van der Waals surface area contributed by atoms with E-state index in [-0.39, 0.29) is 12.5 Å². The van der Waals surface area contributed by atoms with E-state index in [1.165, 1.54) is 28.8 Å². The summed E-state index contributed by atoms with van der Waals surface area (Å²) in [5, 5.41) is 2.84. The summed E-state index contributed by atoms with van der Waals surface area (Å²) in [6.07, 6.45) is 4.33. The average molecular weight is 481 g/mol. The number of hydrogen-bond donors (Lipinski definition) is 1. The first-order valence-corrected chi connectivity index (χ1v) is 12.8. The van der Waals surface area contributed by atoms with Gasteiger partial charge in [-0.05, 0) is 72.4 Å². The summed E-state index contributed by atoms with van der Waals surface area (Å²) in [6, 6.07) is 17.9. The van der Waals surface area contributed by atoms with Crippen LogP contribution in [0.3, 0.4) is 0 Å². The summed E-state index contributed by atoms with van der Waals surface area (Å²) in [5.41, 5.74) is 4.88. The molecule has 0 unspecified atom stereocenters. The van der Waals surface area contributed by atoms with Gasteiger partial charge in [0.05, 0.1) is 38.4 Å². The summed E-state index contributed by atoms with van der Waals surface area (Å²) in [4.78, 5) is 12.8. The van der Waals surface area contributed by atoms with Gasteiger partial charge in [0, 0.05) is 11.6 Å². The Morgan fingerprint density at radius 3 is 2.35 bits per heavy atom. The maximum atomic E-state index is 12.8. The van der Waals surface area contributed by atoms with Gasteiger partial charge in [-0.2, -0.15) is 0 Å². The molecule has 0 saturated carbocycles. The van der Waals surface area contributed by atoms with E-state index < -0.39 is 10.0 Å². The number of sulfonamides is 1. The summed E-state index contributed by atoms with van der Waals surface area (Å²) in [7, 11) is -0.408. The zero-order chi connectivity index (χ0) is 24.3. The van der Waals surface area contributed by atoms with E-state index in [9.17, 15) is 13.2 Å². The van der Waals surface area contributed by atoms with Crippen molar-refractivity contribution in [3.8, 4) is 11.5 Å². The van der Waals surface area contributed by atoms with Crippen molar-refractivity contribution < 1.29 is 22.7 Å². The highest BCUT2D eigenvalue weighted by molar-refractivity contribution is 7.92. The van der Waals surface area contributed by atoms with Gasteiger partial charge in [-0.15, -0.1) is 0 Å². The molecule has 8 heteroatoms. The summed E-state index contributed by atoms with van der Waals surface area (Å²) in [5.74, 6) is 0.805. The minimum Gasteiger partial charge on any atom is -0.497 e. The number of anilines is 2. The van der Waals surface area contributed by atoms with Crippen LogP contribution in [-0.2, 0) is 29.4 Å². The Labute approximate surface area is 200 Å². The zero-order valence-electron chi connectivity index (χ0n) is 19.5. The molecule has 1 aliphatic carbocycles. The van der Waals surface area contributed by atoms with Gasteiger partial charge < -0.3 is 14.8 Å². The third-order valence-corrected chi connectivity index (χ3v) is 7.11. The standard InChI is InChI=1S/C26H28N2O5S/c1-32-23-13-14-25(33-2)24(16-23)27-26(29)20-9-7-18(8-10-20)17-28(34(3,30)31)22-12-11-19-5-4-6-21(19)15-22/h7-16H,4-6,17H2,1-3H3,(H,27,29). The highest BCUT2D eigenvalue weighted by Gasteiger charge is 2.21. The second-order valence-electron chi connectivity index (χ2n) is 8.29. The van der Waals surface area contributed by atoms with Crippen molar-refractivity contribution >= 4 is 27.3 Å². The number of nitrogens with one attached hydrogen (secondary N) is 1. The third-order valence-electron chi connectivity index (χ3n) is 5.97. The molecular weight excluding hydrogens is 452 g/mol. The number of nitrogens with zero attached hydrogens (tertiary/aromatic N) is 1. The van der Waals surface area contributed by atoms with Crippen LogP contribution >= 0.6 is 0 Å². The number of carbonyl (C=O) groups is 1. The van der Waals surface area contributed by atoms with Gasteiger partial charge in [0.25, 0.3) is 5.91 Å². The third kappa shape index (κ3) is 5.17. The zero-order valence-corrected chi connectivity index (χ0v) is 20.3. The molecule has 0 fully saturated rings. The van der Waals surface area contributed by atoms with Gasteiger partial charge in [0.15, 0.2) is 0 Å². The number of aryl methyl sites for hydroxylation is 2. The maximum Gasteiger partial charge on any atom is 0.255 e. The van der Waals surface area contributed by atoms with Crippen LogP contribution in [0.4, 0.5) is 11.4 Å². The van der Waals surface area contributed by atoms with Crippen LogP contribution in [-0.4, -0.2) is 34.8 Å². The number of ether oxygens (including phenoxy) is 2. The molecule has 0 atom stereocenters. The van der Waals surface area contributed by atoms with Crippen LogP contribution in [0.1, 0.15) is 33.5 Å². The van der Waals surface area contributed by atoms with Crippen molar-refractivity contribution in [1.29, 1.82) is 0 Å². The molecule has 0 heterocycles. The first kappa shape index (κ1) is 23.6. The monoisotopic (exact) mass is 480 g/mol. The molecule has 1 amide bonds. The van der Waals surface area contributed by atoms with Crippen molar-refractivity contribution in [2.75, 3.05) is 30.1 Å². The highest BCUT2D eigenvalue weighted by atomic mass is 32.2. The molecule has 3 aromatic carbocycles. The molecule has 1 N–H and O–H groups in total. The number of carbonyl (C=O) groups excluding carboxylic acids is 1. The fourth-order valence-electron chi connectivity index (χ4n) is 4.15. The van der Waals surface area contributed by atoms with E-state index in [0.717, 1.165) is 24.8 Å². The fraction of sp³-hybridized carbons (Fsp3) is 0.269. The Kier molecular flexibility index (Phi) is 6.79. The molecule has 0 spiro atoms. The van der Waals surface area contributed by atoms with E-state index in [4.69, 9.17) is 9.47 Å². The van der Waals surface area contributed by atoms with Gasteiger partial charge in [0.1, 0.15) is 11.5 Å². The van der Waals surface area contributed by atoms with E-state index in [0.29, 0.717) is 28.4 Å². The van der Waals surface area contributed by atoms with Gasteiger partial charge >= 0.3 is 0 Å². The molecule has 1 aliphatic rings. The van der Waals surface area contributed by atoms with Gasteiger partial charge in [-0.1, -0.05) is 18.2 Å². The summed E-state index contributed by atoms with van der Waals surface area (Å²) >= 11 is 0. The fourth-order valence-corrected chi connectivity index (χ4v) is 5.03. The maximum absolute atomic E-state index is 12.8. The first-order valence-electron chi connectivity index (χ1n) is 11.0. The molecule has 0 aromatic heterocycles. The number of methoxy groups -OCH3 is 2. The number of amides is 1. The average Bonchev–Trinajstić information content (AvgIpc) is 3.30. The second kappa shape index (κ2) is 9.77. The molecule has 0 radical (unpaired) electrons. The number of rotatable bonds is 8. The second-order valence-corrected chi connectivity index (χ2v) is 10.2. The molecule has 34 heavy (non-hydrogen) atoms. The predicted octanol–water partition coefficient (Wildman–Crippen LogP) is 4.41. The minimum absolute atomic E-state index is 0.184. The van der Waals surface area contributed by atoms with Crippen LogP contribution in [0.5, 0.6) is 11.5 Å². The molecule has 3 aromatic rings. The predicted molar refractivity (Wildman–Crippen MR) is 133 cm³/mol. The Hall–Kier alpha value is -3.52. The van der Waals surface area contributed by atoms with Gasteiger partial charge in [-0.25, -0.2) is 8.42 Å². The lowest BCUT2D eigenvalue weighted by Crippen LogP contribution is -2.29. The van der Waals surface area contributed by atoms with Crippen LogP contribution < -0.4 is 19.1 Å². The lowest BCUT2D eigenvalue weighted by Gasteiger charge is -2.23. The Morgan fingerprint density at radius 2 is 1.68 bits per heavy atom. The molecular formula is C26H28N2O5S. The van der Waals surface area contributed by atoms with Crippen molar-refractivity contribution in [2.45, 2.75) is 25.8 Å². The molecule has 0 aliphatic heterocycles. The number of hydrogen-bond acceptors (Lipinski definition) is 5. The Balaban J connectivity index is 1.52. The van der Waals surface area contributed by atoms with E-state index in [2.05, 4.69) is 5.32 Å². The molecule has 4 rings (SSSR count). The van der Waals surface area contributed by atoms with Gasteiger partial charge in [0.2, 0.25) is 10.0 Å². The topological polar surface area (TPSA) is 84.9 Å². The Bertz CT molecular complexity index is 1300. The van der Waals surface area contributed by atoms with Crippen LogP contribution in [0.15, 0.2) is 60.7 Å². The highest BCUT2D eigenvalue weighted by Crippen LogP contribution is 2.30. The minimum atomic E-state index is -3.49. The van der Waals surface area contributed by atoms with E-state index in [1.807, 2.05) is 18.2 Å². The van der Waals surface area contributed by atoms with Crippen LogP contribution in [0.25, 0.3) is 0 Å². The van der Waals surface area contributed by atoms with Crippen molar-refractivity contribution in [1.82, 2.24) is 0 Å². The van der Waals surface area contributed by atoms with Crippen LogP contribution in [0, 0.1) is 0 Å². The van der Waals surface area contributed by atoms with Gasteiger partial charge in [-0.3, -0.25) is 9.10 Å². The van der Waals surface area contributed by atoms with Crippen molar-refractivity contribution in [3.63, 3.8) is 0 Å². The van der Waals surface area contributed by atoms with Crippen molar-refractivity contribution in [3.05, 3.63) is 82.9 Å². The molecule has 178 valence electrons. The molecule has 0 bridgehead atoms. The first-order chi connectivity index (χ1) is 16.3. The quantitative estimate of drug-likeness (QED) is 0.516. The molecule has 0 saturated heterocycles. The van der Waals surface area contributed by atoms with E-state index >= 15 is 0 Å². The summed E-state index contributed by atoms with van der Waals surface area (Å²) < 4.78 is 37.1. The SMILES string of the molecule is COc1ccc(OC)c(NC(=O)c2ccc(CN(c3ccc4c(c3)CCC4)S(C)(=O)=O)cc2)c1.